The van der Waals surface area contributed by atoms with Gasteiger partial charge in [0.2, 0.25) is 0 Å². The summed E-state index contributed by atoms with van der Waals surface area (Å²) in [6, 6.07) is 10.9. The minimum atomic E-state index is -0.695. The third-order valence-corrected chi connectivity index (χ3v) is 4.50. The van der Waals surface area contributed by atoms with Crippen LogP contribution in [-0.4, -0.2) is 11.1 Å². The van der Waals surface area contributed by atoms with Crippen molar-refractivity contribution in [2.75, 3.05) is 0 Å². The van der Waals surface area contributed by atoms with Crippen molar-refractivity contribution in [3.8, 4) is 0 Å². The molecule has 1 aliphatic carbocycles. The maximum atomic E-state index is 10.5. The molecule has 2 nitrogen and oxygen atoms in total. The summed E-state index contributed by atoms with van der Waals surface area (Å²) in [6.45, 7) is 0. The van der Waals surface area contributed by atoms with E-state index in [4.69, 9.17) is 5.11 Å². The number of hydrogen-bond acceptors (Lipinski definition) is 1. The van der Waals surface area contributed by atoms with Gasteiger partial charge >= 0.3 is 5.97 Å². The number of allylic oxidation sites excluding steroid dienone is 2. The van der Waals surface area contributed by atoms with Crippen molar-refractivity contribution in [2.24, 2.45) is 5.92 Å². The standard InChI is InChI=1S/C19H26O2/c20-19(21)15-7-2-1-4-10-17-13-8-9-14-18(17)16-11-5-3-6-12-16/h1,3-6,11-12,17-18H,2,7-10,13-15H2,(H,20,21)/b4-1-. The van der Waals surface area contributed by atoms with E-state index in [1.165, 1.54) is 31.2 Å². The first kappa shape index (κ1) is 15.8. The Labute approximate surface area is 127 Å². The van der Waals surface area contributed by atoms with Crippen LogP contribution in [0.4, 0.5) is 0 Å². The Morgan fingerprint density at radius 1 is 1.14 bits per heavy atom. The summed E-state index contributed by atoms with van der Waals surface area (Å²) in [4.78, 5) is 10.5. The van der Waals surface area contributed by atoms with E-state index < -0.39 is 5.97 Å². The number of rotatable bonds is 7. The van der Waals surface area contributed by atoms with Crippen LogP contribution >= 0.6 is 0 Å². The highest BCUT2D eigenvalue weighted by atomic mass is 16.4. The maximum Gasteiger partial charge on any atom is 0.303 e. The Morgan fingerprint density at radius 3 is 2.67 bits per heavy atom. The minimum Gasteiger partial charge on any atom is -0.481 e. The fourth-order valence-electron chi connectivity index (χ4n) is 3.39. The zero-order valence-corrected chi connectivity index (χ0v) is 12.7. The van der Waals surface area contributed by atoms with E-state index in [1.54, 1.807) is 0 Å². The molecule has 2 atom stereocenters. The number of carboxylic acids is 1. The van der Waals surface area contributed by atoms with E-state index >= 15 is 0 Å². The summed E-state index contributed by atoms with van der Waals surface area (Å²) in [6.07, 6.45) is 12.8. The molecule has 0 amide bonds. The van der Waals surface area contributed by atoms with E-state index in [-0.39, 0.29) is 6.42 Å². The second kappa shape index (κ2) is 8.66. The van der Waals surface area contributed by atoms with E-state index in [1.807, 2.05) is 0 Å². The Kier molecular flexibility index (Phi) is 6.52. The van der Waals surface area contributed by atoms with Crippen molar-refractivity contribution in [1.82, 2.24) is 0 Å². The first-order valence-electron chi connectivity index (χ1n) is 8.19. The molecule has 0 saturated heterocycles. The predicted octanol–water partition coefficient (Wildman–Crippen LogP) is 5.16. The molecule has 0 spiro atoms. The summed E-state index contributed by atoms with van der Waals surface area (Å²) in [5.74, 6) is 0.750. The lowest BCUT2D eigenvalue weighted by atomic mass is 9.74. The van der Waals surface area contributed by atoms with Gasteiger partial charge in [0.15, 0.2) is 0 Å². The van der Waals surface area contributed by atoms with Crippen molar-refractivity contribution in [3.05, 3.63) is 48.0 Å². The first-order chi connectivity index (χ1) is 10.3. The monoisotopic (exact) mass is 286 g/mol. The van der Waals surface area contributed by atoms with E-state index in [0.29, 0.717) is 5.92 Å². The summed E-state index contributed by atoms with van der Waals surface area (Å²) >= 11 is 0. The normalized spacial score (nSPS) is 22.5. The van der Waals surface area contributed by atoms with E-state index in [2.05, 4.69) is 42.5 Å². The van der Waals surface area contributed by atoms with Crippen LogP contribution in [-0.2, 0) is 4.79 Å². The van der Waals surface area contributed by atoms with Gasteiger partial charge < -0.3 is 5.11 Å². The summed E-state index contributed by atoms with van der Waals surface area (Å²) < 4.78 is 0. The highest BCUT2D eigenvalue weighted by Gasteiger charge is 2.25. The van der Waals surface area contributed by atoms with Crippen LogP contribution in [0, 0.1) is 5.92 Å². The molecule has 0 heterocycles. The fraction of sp³-hybridized carbons (Fsp3) is 0.526. The second-order valence-corrected chi connectivity index (χ2v) is 6.05. The lowest BCUT2D eigenvalue weighted by molar-refractivity contribution is -0.137. The van der Waals surface area contributed by atoms with Crippen LogP contribution in [0.25, 0.3) is 0 Å². The van der Waals surface area contributed by atoms with Gasteiger partial charge in [0, 0.05) is 6.42 Å². The molecule has 1 aromatic carbocycles. The van der Waals surface area contributed by atoms with E-state index in [9.17, 15) is 4.79 Å². The van der Waals surface area contributed by atoms with Crippen molar-refractivity contribution in [1.29, 1.82) is 0 Å². The molecule has 0 radical (unpaired) electrons. The second-order valence-electron chi connectivity index (χ2n) is 6.05. The van der Waals surface area contributed by atoms with Gasteiger partial charge in [-0.05, 0) is 49.5 Å². The largest absolute Gasteiger partial charge is 0.481 e. The van der Waals surface area contributed by atoms with Crippen LogP contribution in [0.15, 0.2) is 42.5 Å². The number of aliphatic carboxylic acids is 1. The third kappa shape index (κ3) is 5.37. The lowest BCUT2D eigenvalue weighted by Crippen LogP contribution is -2.17. The molecule has 1 fully saturated rings. The molecule has 114 valence electrons. The molecule has 1 saturated carbocycles. The van der Waals surface area contributed by atoms with Crippen molar-refractivity contribution in [3.63, 3.8) is 0 Å². The van der Waals surface area contributed by atoms with Gasteiger partial charge in [0.1, 0.15) is 0 Å². The topological polar surface area (TPSA) is 37.3 Å². The molecule has 1 aliphatic rings. The molecule has 2 heteroatoms. The quantitative estimate of drug-likeness (QED) is 0.555. The molecule has 1 aromatic rings. The average molecular weight is 286 g/mol. The van der Waals surface area contributed by atoms with Gasteiger partial charge in [-0.3, -0.25) is 4.79 Å². The zero-order valence-electron chi connectivity index (χ0n) is 12.7. The molecule has 21 heavy (non-hydrogen) atoms. The molecule has 0 aliphatic heterocycles. The summed E-state index contributed by atoms with van der Waals surface area (Å²) in [5, 5.41) is 8.61. The SMILES string of the molecule is O=C(O)CCC/C=C\CC1CCCCC1c1ccccc1. The van der Waals surface area contributed by atoms with Crippen molar-refractivity contribution >= 4 is 5.97 Å². The molecule has 0 bridgehead atoms. The van der Waals surface area contributed by atoms with Crippen molar-refractivity contribution < 1.29 is 9.90 Å². The number of carboxylic acid groups (broad SMARTS) is 1. The van der Waals surface area contributed by atoms with E-state index in [0.717, 1.165) is 25.2 Å². The number of carbonyl (C=O) groups is 1. The molecular weight excluding hydrogens is 260 g/mol. The van der Waals surface area contributed by atoms with Crippen molar-refractivity contribution in [2.45, 2.75) is 57.3 Å². The summed E-state index contributed by atoms with van der Waals surface area (Å²) in [5.41, 5.74) is 1.49. The predicted molar refractivity (Wildman–Crippen MR) is 86.4 cm³/mol. The van der Waals surface area contributed by atoms with Gasteiger partial charge in [-0.25, -0.2) is 0 Å². The smallest absolute Gasteiger partial charge is 0.303 e. The fourth-order valence-corrected chi connectivity index (χ4v) is 3.39. The highest BCUT2D eigenvalue weighted by molar-refractivity contribution is 5.66. The number of unbranched alkanes of at least 4 members (excludes halogenated alkanes) is 1. The Balaban J connectivity index is 1.82. The first-order valence-corrected chi connectivity index (χ1v) is 8.19. The maximum absolute atomic E-state index is 10.5. The summed E-state index contributed by atoms with van der Waals surface area (Å²) in [7, 11) is 0. The molecule has 0 aromatic heterocycles. The van der Waals surface area contributed by atoms with Gasteiger partial charge in [-0.1, -0.05) is 55.3 Å². The Hall–Kier alpha value is -1.57. The minimum absolute atomic E-state index is 0.278. The third-order valence-electron chi connectivity index (χ3n) is 4.50. The number of benzene rings is 1. The van der Waals surface area contributed by atoms with Gasteiger partial charge in [-0.2, -0.15) is 0 Å². The van der Waals surface area contributed by atoms with Crippen LogP contribution in [0.1, 0.15) is 62.8 Å². The lowest BCUT2D eigenvalue weighted by Gasteiger charge is -2.31. The molecule has 2 rings (SSSR count). The van der Waals surface area contributed by atoms with Gasteiger partial charge in [0.25, 0.3) is 0 Å². The van der Waals surface area contributed by atoms with Gasteiger partial charge in [-0.15, -0.1) is 0 Å². The van der Waals surface area contributed by atoms with Crippen LogP contribution < -0.4 is 0 Å². The molecular formula is C19H26O2. The highest BCUT2D eigenvalue weighted by Crippen LogP contribution is 2.39. The van der Waals surface area contributed by atoms with Crippen LogP contribution in [0.5, 0.6) is 0 Å². The Bertz CT molecular complexity index is 450. The Morgan fingerprint density at radius 2 is 1.90 bits per heavy atom. The van der Waals surface area contributed by atoms with Gasteiger partial charge in [0.05, 0.1) is 0 Å². The zero-order chi connectivity index (χ0) is 14.9. The number of hydrogen-bond donors (Lipinski definition) is 1. The molecule has 1 N–H and O–H groups in total. The average Bonchev–Trinajstić information content (AvgIpc) is 2.52. The van der Waals surface area contributed by atoms with Crippen LogP contribution in [0.2, 0.25) is 0 Å². The van der Waals surface area contributed by atoms with Crippen LogP contribution in [0.3, 0.4) is 0 Å². The molecule has 2 unspecified atom stereocenters.